The number of benzene rings is 1. The Morgan fingerprint density at radius 2 is 2.05 bits per heavy atom. The number of hydrogen-bond acceptors (Lipinski definition) is 3. The number of rotatable bonds is 4. The van der Waals surface area contributed by atoms with Gasteiger partial charge in [0.15, 0.2) is 11.6 Å². The third kappa shape index (κ3) is 3.04. The van der Waals surface area contributed by atoms with Crippen LogP contribution in [-0.2, 0) is 13.2 Å². The molecule has 2 rings (SSSR count). The summed E-state index contributed by atoms with van der Waals surface area (Å²) in [6.07, 6.45) is 0. The molecule has 0 amide bonds. The molecule has 0 aliphatic heterocycles. The minimum Gasteiger partial charge on any atom is -0.388 e. The third-order valence-corrected chi connectivity index (χ3v) is 3.44. The number of hydrogen-bond donors (Lipinski definition) is 1. The molecule has 0 aliphatic rings. The van der Waals surface area contributed by atoms with Crippen LogP contribution in [0.1, 0.15) is 25.2 Å². The van der Waals surface area contributed by atoms with E-state index in [2.05, 4.69) is 46.0 Å². The highest BCUT2D eigenvalue weighted by molar-refractivity contribution is 9.10. The van der Waals surface area contributed by atoms with Crippen LogP contribution in [0.3, 0.4) is 0 Å². The normalized spacial score (nSPS) is 11.3. The maximum absolute atomic E-state index is 9.37. The van der Waals surface area contributed by atoms with Gasteiger partial charge in [-0.3, -0.25) is 0 Å². The van der Waals surface area contributed by atoms with Crippen molar-refractivity contribution < 1.29 is 5.11 Å². The standard InChI is InChI=1S/C14H18BrN3O/c1-9(2)7-18-13(8-19)16-17-14(18)12-5-4-11(15)6-10(12)3/h4-6,9,19H,7-8H2,1-3H3. The Bertz CT molecular complexity index is 578. The minimum atomic E-state index is -0.0880. The molecular formula is C14H18BrN3O. The summed E-state index contributed by atoms with van der Waals surface area (Å²) in [5, 5.41) is 17.7. The molecule has 0 radical (unpaired) electrons. The molecule has 0 saturated heterocycles. The smallest absolute Gasteiger partial charge is 0.164 e. The largest absolute Gasteiger partial charge is 0.388 e. The summed E-state index contributed by atoms with van der Waals surface area (Å²) in [6, 6.07) is 6.08. The molecule has 102 valence electrons. The predicted molar refractivity (Wildman–Crippen MR) is 78.7 cm³/mol. The molecule has 0 aliphatic carbocycles. The van der Waals surface area contributed by atoms with Crippen LogP contribution in [0.25, 0.3) is 11.4 Å². The van der Waals surface area contributed by atoms with Crippen LogP contribution < -0.4 is 0 Å². The molecule has 19 heavy (non-hydrogen) atoms. The summed E-state index contributed by atoms with van der Waals surface area (Å²) in [6.45, 7) is 7.04. The topological polar surface area (TPSA) is 50.9 Å². The second-order valence-electron chi connectivity index (χ2n) is 5.06. The van der Waals surface area contributed by atoms with Crippen LogP contribution in [-0.4, -0.2) is 19.9 Å². The van der Waals surface area contributed by atoms with Gasteiger partial charge < -0.3 is 9.67 Å². The number of halogens is 1. The zero-order valence-corrected chi connectivity index (χ0v) is 13.0. The van der Waals surface area contributed by atoms with E-state index in [0.29, 0.717) is 11.7 Å². The van der Waals surface area contributed by atoms with E-state index in [-0.39, 0.29) is 6.61 Å². The fourth-order valence-corrected chi connectivity index (χ4v) is 2.56. The Labute approximate surface area is 121 Å². The van der Waals surface area contributed by atoms with Crippen molar-refractivity contribution in [3.05, 3.63) is 34.1 Å². The third-order valence-electron chi connectivity index (χ3n) is 2.95. The monoisotopic (exact) mass is 323 g/mol. The molecule has 1 aromatic carbocycles. The fourth-order valence-electron chi connectivity index (χ4n) is 2.09. The second-order valence-corrected chi connectivity index (χ2v) is 5.98. The minimum absolute atomic E-state index is 0.0880. The van der Waals surface area contributed by atoms with Crippen LogP contribution >= 0.6 is 15.9 Å². The summed E-state index contributed by atoms with van der Waals surface area (Å²) >= 11 is 3.46. The first kappa shape index (κ1) is 14.2. The van der Waals surface area contributed by atoms with E-state index in [1.54, 1.807) is 0 Å². The summed E-state index contributed by atoms with van der Waals surface area (Å²) in [7, 11) is 0. The van der Waals surface area contributed by atoms with Gasteiger partial charge in [0.05, 0.1) is 0 Å². The number of aryl methyl sites for hydroxylation is 1. The Morgan fingerprint density at radius 3 is 2.63 bits per heavy atom. The lowest BCUT2D eigenvalue weighted by Gasteiger charge is -2.13. The van der Waals surface area contributed by atoms with E-state index in [1.807, 2.05) is 23.6 Å². The fraction of sp³-hybridized carbons (Fsp3) is 0.429. The lowest BCUT2D eigenvalue weighted by molar-refractivity contribution is 0.262. The van der Waals surface area contributed by atoms with Gasteiger partial charge in [-0.15, -0.1) is 10.2 Å². The van der Waals surface area contributed by atoms with Crippen molar-refractivity contribution in [3.8, 4) is 11.4 Å². The first-order valence-corrected chi connectivity index (χ1v) is 7.11. The summed E-state index contributed by atoms with van der Waals surface area (Å²) in [5.41, 5.74) is 2.19. The molecule has 0 atom stereocenters. The molecule has 4 nitrogen and oxygen atoms in total. The number of aliphatic hydroxyl groups excluding tert-OH is 1. The van der Waals surface area contributed by atoms with Crippen molar-refractivity contribution in [3.63, 3.8) is 0 Å². The van der Waals surface area contributed by atoms with Crippen molar-refractivity contribution in [2.45, 2.75) is 33.9 Å². The van der Waals surface area contributed by atoms with E-state index < -0.39 is 0 Å². The average molecular weight is 324 g/mol. The van der Waals surface area contributed by atoms with Crippen LogP contribution in [0.5, 0.6) is 0 Å². The van der Waals surface area contributed by atoms with Gasteiger partial charge >= 0.3 is 0 Å². The van der Waals surface area contributed by atoms with Gasteiger partial charge in [0.25, 0.3) is 0 Å². The van der Waals surface area contributed by atoms with Crippen molar-refractivity contribution in [2.24, 2.45) is 5.92 Å². The Morgan fingerprint density at radius 1 is 1.32 bits per heavy atom. The molecule has 5 heteroatoms. The number of nitrogens with zero attached hydrogens (tertiary/aromatic N) is 3. The van der Waals surface area contributed by atoms with Crippen LogP contribution in [0, 0.1) is 12.8 Å². The lowest BCUT2D eigenvalue weighted by Crippen LogP contribution is -2.10. The summed E-state index contributed by atoms with van der Waals surface area (Å²) in [5.74, 6) is 1.91. The summed E-state index contributed by atoms with van der Waals surface area (Å²) in [4.78, 5) is 0. The Balaban J connectivity index is 2.52. The zero-order valence-electron chi connectivity index (χ0n) is 11.4. The lowest BCUT2D eigenvalue weighted by atomic mass is 10.1. The van der Waals surface area contributed by atoms with Crippen molar-refractivity contribution in [1.82, 2.24) is 14.8 Å². The van der Waals surface area contributed by atoms with Crippen molar-refractivity contribution >= 4 is 15.9 Å². The number of aromatic nitrogens is 3. The summed E-state index contributed by atoms with van der Waals surface area (Å²) < 4.78 is 3.05. The van der Waals surface area contributed by atoms with Crippen molar-refractivity contribution in [1.29, 1.82) is 0 Å². The van der Waals surface area contributed by atoms with Gasteiger partial charge in [0, 0.05) is 16.6 Å². The quantitative estimate of drug-likeness (QED) is 0.940. The molecule has 1 aromatic heterocycles. The molecule has 0 fully saturated rings. The molecule has 0 spiro atoms. The molecular weight excluding hydrogens is 306 g/mol. The van der Waals surface area contributed by atoms with Crippen LogP contribution in [0.15, 0.2) is 22.7 Å². The van der Waals surface area contributed by atoms with Gasteiger partial charge in [-0.25, -0.2) is 0 Å². The predicted octanol–water partition coefficient (Wildman–Crippen LogP) is 3.16. The van der Waals surface area contributed by atoms with Gasteiger partial charge in [0.2, 0.25) is 0 Å². The van der Waals surface area contributed by atoms with E-state index in [1.165, 1.54) is 0 Å². The van der Waals surface area contributed by atoms with E-state index in [4.69, 9.17) is 0 Å². The molecule has 0 unspecified atom stereocenters. The molecule has 1 N–H and O–H groups in total. The first-order valence-electron chi connectivity index (χ1n) is 6.32. The average Bonchev–Trinajstić information content (AvgIpc) is 2.71. The Kier molecular flexibility index (Phi) is 4.37. The van der Waals surface area contributed by atoms with Crippen molar-refractivity contribution in [2.75, 3.05) is 0 Å². The first-order chi connectivity index (χ1) is 9.02. The second kappa shape index (κ2) is 5.84. The van der Waals surface area contributed by atoms with Crippen LogP contribution in [0.4, 0.5) is 0 Å². The van der Waals surface area contributed by atoms with Gasteiger partial charge in [0.1, 0.15) is 6.61 Å². The zero-order chi connectivity index (χ0) is 14.0. The highest BCUT2D eigenvalue weighted by Gasteiger charge is 2.15. The number of aliphatic hydroxyl groups is 1. The SMILES string of the molecule is Cc1cc(Br)ccc1-c1nnc(CO)n1CC(C)C. The van der Waals surface area contributed by atoms with Gasteiger partial charge in [-0.1, -0.05) is 29.8 Å². The maximum Gasteiger partial charge on any atom is 0.164 e. The van der Waals surface area contributed by atoms with Gasteiger partial charge in [-0.05, 0) is 36.6 Å². The Hall–Kier alpha value is -1.20. The highest BCUT2D eigenvalue weighted by atomic mass is 79.9. The van der Waals surface area contributed by atoms with Gasteiger partial charge in [-0.2, -0.15) is 0 Å². The maximum atomic E-state index is 9.37. The molecule has 1 heterocycles. The molecule has 0 saturated carbocycles. The molecule has 0 bridgehead atoms. The van der Waals surface area contributed by atoms with Crippen LogP contribution in [0.2, 0.25) is 0 Å². The van der Waals surface area contributed by atoms with E-state index in [9.17, 15) is 5.11 Å². The highest BCUT2D eigenvalue weighted by Crippen LogP contribution is 2.26. The molecule has 2 aromatic rings. The van der Waals surface area contributed by atoms with E-state index in [0.717, 1.165) is 28.0 Å². The van der Waals surface area contributed by atoms with E-state index >= 15 is 0 Å².